The number of aryl methyl sites for hydroxylation is 1. The van der Waals surface area contributed by atoms with Crippen molar-refractivity contribution in [3.05, 3.63) is 45.4 Å². The van der Waals surface area contributed by atoms with Gasteiger partial charge in [0.15, 0.2) is 5.82 Å². The van der Waals surface area contributed by atoms with Crippen LogP contribution in [0.15, 0.2) is 30.3 Å². The second-order valence-electron chi connectivity index (χ2n) is 3.81. The van der Waals surface area contributed by atoms with Gasteiger partial charge in [0.25, 0.3) is 0 Å². The fourth-order valence-electron chi connectivity index (χ4n) is 1.53. The minimum absolute atomic E-state index is 0.371. The van der Waals surface area contributed by atoms with Crippen molar-refractivity contribution in [2.24, 2.45) is 0 Å². The van der Waals surface area contributed by atoms with Crippen LogP contribution in [0.2, 0.25) is 0 Å². The molecule has 0 fully saturated rings. The lowest BCUT2D eigenvalue weighted by molar-refractivity contribution is 0.295. The molecule has 18 heavy (non-hydrogen) atoms. The van der Waals surface area contributed by atoms with E-state index in [1.54, 1.807) is 0 Å². The largest absolute Gasteiger partial charge is 0.486 e. The lowest BCUT2D eigenvalue weighted by Crippen LogP contribution is -2.05. The molecule has 0 bridgehead atoms. The Balaban J connectivity index is 2.08. The van der Waals surface area contributed by atoms with Gasteiger partial charge in [-0.15, -0.1) is 0 Å². The minimum atomic E-state index is 0.371. The van der Waals surface area contributed by atoms with E-state index in [9.17, 15) is 0 Å². The number of rotatable bonds is 4. The Bertz CT molecular complexity index is 546. The van der Waals surface area contributed by atoms with Crippen molar-refractivity contribution in [2.45, 2.75) is 13.5 Å². The number of nitrogens with one attached hydrogen (secondary N) is 1. The normalized spacial score (nSPS) is 10.2. The molecule has 0 radical (unpaired) electrons. The summed E-state index contributed by atoms with van der Waals surface area (Å²) in [5.41, 5.74) is 0.926. The second kappa shape index (κ2) is 5.99. The molecule has 0 aliphatic carbocycles. The van der Waals surface area contributed by atoms with Crippen LogP contribution < -0.4 is 10.1 Å². The van der Waals surface area contributed by atoms with Crippen LogP contribution in [0.3, 0.4) is 0 Å². The van der Waals surface area contributed by atoms with Crippen molar-refractivity contribution in [3.8, 4) is 5.75 Å². The Morgan fingerprint density at radius 3 is 2.83 bits per heavy atom. The van der Waals surface area contributed by atoms with Crippen molar-refractivity contribution >= 4 is 28.4 Å². The first kappa shape index (κ1) is 13.1. The summed E-state index contributed by atoms with van der Waals surface area (Å²) in [5.74, 6) is 2.32. The van der Waals surface area contributed by atoms with Crippen LogP contribution in [-0.4, -0.2) is 17.0 Å². The van der Waals surface area contributed by atoms with Crippen LogP contribution in [0.5, 0.6) is 5.75 Å². The summed E-state index contributed by atoms with van der Waals surface area (Å²) in [6.07, 6.45) is 0. The molecule has 4 nitrogen and oxygen atoms in total. The van der Waals surface area contributed by atoms with E-state index in [-0.39, 0.29) is 0 Å². The Morgan fingerprint density at radius 2 is 2.11 bits per heavy atom. The minimum Gasteiger partial charge on any atom is -0.486 e. The molecule has 0 aliphatic heterocycles. The van der Waals surface area contributed by atoms with E-state index in [0.29, 0.717) is 12.4 Å². The quantitative estimate of drug-likeness (QED) is 0.857. The molecule has 0 atom stereocenters. The molecular formula is C13H14IN3O. The van der Waals surface area contributed by atoms with E-state index in [1.165, 1.54) is 0 Å². The highest BCUT2D eigenvalue weighted by atomic mass is 127. The van der Waals surface area contributed by atoms with Crippen molar-refractivity contribution in [3.63, 3.8) is 0 Å². The first-order valence-electron chi connectivity index (χ1n) is 5.58. The van der Waals surface area contributed by atoms with Crippen LogP contribution >= 0.6 is 22.6 Å². The van der Waals surface area contributed by atoms with Crippen LogP contribution in [-0.2, 0) is 6.61 Å². The lowest BCUT2D eigenvalue weighted by Gasteiger charge is -2.07. The van der Waals surface area contributed by atoms with Gasteiger partial charge in [0.05, 0.1) is 0 Å². The van der Waals surface area contributed by atoms with Crippen molar-refractivity contribution < 1.29 is 4.74 Å². The van der Waals surface area contributed by atoms with Gasteiger partial charge in [-0.3, -0.25) is 0 Å². The number of nitrogens with zero attached hydrogens (tertiary/aromatic N) is 2. The third-order valence-corrected chi connectivity index (χ3v) is 2.99. The molecule has 1 N–H and O–H groups in total. The number of anilines is 1. The fourth-order valence-corrected chi connectivity index (χ4v) is 2.04. The zero-order valence-corrected chi connectivity index (χ0v) is 12.4. The third kappa shape index (κ3) is 3.56. The molecule has 94 valence electrons. The van der Waals surface area contributed by atoms with Crippen LogP contribution in [0.4, 0.5) is 5.82 Å². The second-order valence-corrected chi connectivity index (χ2v) is 5.05. The number of hydrogen-bond acceptors (Lipinski definition) is 4. The summed E-state index contributed by atoms with van der Waals surface area (Å²) in [6.45, 7) is 2.31. The molecule has 1 aromatic heterocycles. The molecule has 2 rings (SSSR count). The molecule has 0 amide bonds. The number of benzene rings is 1. The molecule has 0 spiro atoms. The Labute approximate surface area is 120 Å². The highest BCUT2D eigenvalue weighted by molar-refractivity contribution is 14.1. The van der Waals surface area contributed by atoms with E-state index in [1.807, 2.05) is 44.3 Å². The average Bonchev–Trinajstić information content (AvgIpc) is 2.36. The Morgan fingerprint density at radius 1 is 1.28 bits per heavy atom. The summed E-state index contributed by atoms with van der Waals surface area (Å²) >= 11 is 2.26. The maximum atomic E-state index is 5.67. The smallest absolute Gasteiger partial charge is 0.168 e. The Hall–Kier alpha value is -1.37. The maximum absolute atomic E-state index is 5.67. The van der Waals surface area contributed by atoms with Gasteiger partial charge < -0.3 is 10.1 Å². The number of aromatic nitrogens is 2. The highest BCUT2D eigenvalue weighted by Crippen LogP contribution is 2.16. The molecular weight excluding hydrogens is 341 g/mol. The molecule has 0 saturated heterocycles. The number of ether oxygens (including phenoxy) is 1. The van der Waals surface area contributed by atoms with E-state index in [2.05, 4.69) is 37.9 Å². The van der Waals surface area contributed by atoms with Gasteiger partial charge in [0.2, 0.25) is 0 Å². The SMILES string of the molecule is CNc1cc(C)nc(COc2cccc(I)c2)n1. The number of hydrogen-bond donors (Lipinski definition) is 1. The lowest BCUT2D eigenvalue weighted by atomic mass is 10.3. The molecule has 1 heterocycles. The van der Waals surface area contributed by atoms with Gasteiger partial charge in [-0.25, -0.2) is 9.97 Å². The van der Waals surface area contributed by atoms with E-state index in [0.717, 1.165) is 20.8 Å². The highest BCUT2D eigenvalue weighted by Gasteiger charge is 2.02. The summed E-state index contributed by atoms with van der Waals surface area (Å²) in [7, 11) is 1.84. The first-order valence-corrected chi connectivity index (χ1v) is 6.66. The van der Waals surface area contributed by atoms with Gasteiger partial charge in [0.1, 0.15) is 18.2 Å². The van der Waals surface area contributed by atoms with Crippen molar-refractivity contribution in [2.75, 3.05) is 12.4 Å². The maximum Gasteiger partial charge on any atom is 0.168 e. The van der Waals surface area contributed by atoms with Gasteiger partial charge in [-0.05, 0) is 47.7 Å². The standard InChI is InChI=1S/C13H14IN3O/c1-9-6-12(15-2)17-13(16-9)8-18-11-5-3-4-10(14)7-11/h3-7H,8H2,1-2H3,(H,15,16,17). The van der Waals surface area contributed by atoms with Crippen LogP contribution in [0, 0.1) is 10.5 Å². The summed E-state index contributed by atoms with van der Waals surface area (Å²) in [4.78, 5) is 8.68. The van der Waals surface area contributed by atoms with E-state index >= 15 is 0 Å². The fraction of sp³-hybridized carbons (Fsp3) is 0.231. The Kier molecular flexibility index (Phi) is 4.35. The van der Waals surface area contributed by atoms with Gasteiger partial charge >= 0.3 is 0 Å². The zero-order valence-electron chi connectivity index (χ0n) is 10.3. The van der Waals surface area contributed by atoms with E-state index in [4.69, 9.17) is 4.74 Å². The predicted octanol–water partition coefficient (Wildman–Crippen LogP) is 3.01. The van der Waals surface area contributed by atoms with E-state index < -0.39 is 0 Å². The monoisotopic (exact) mass is 355 g/mol. The van der Waals surface area contributed by atoms with Crippen molar-refractivity contribution in [1.29, 1.82) is 0 Å². The van der Waals surface area contributed by atoms with Gasteiger partial charge in [0, 0.05) is 22.4 Å². The van der Waals surface area contributed by atoms with Crippen LogP contribution in [0.25, 0.3) is 0 Å². The molecule has 0 unspecified atom stereocenters. The first-order chi connectivity index (χ1) is 8.67. The molecule has 0 aliphatic rings. The molecule has 5 heteroatoms. The van der Waals surface area contributed by atoms with Crippen LogP contribution in [0.1, 0.15) is 11.5 Å². The van der Waals surface area contributed by atoms with Gasteiger partial charge in [-0.1, -0.05) is 6.07 Å². The zero-order chi connectivity index (χ0) is 13.0. The third-order valence-electron chi connectivity index (χ3n) is 2.32. The number of halogens is 1. The summed E-state index contributed by atoms with van der Waals surface area (Å²) in [5, 5.41) is 3.01. The molecule has 1 aromatic carbocycles. The van der Waals surface area contributed by atoms with Crippen molar-refractivity contribution in [1.82, 2.24) is 9.97 Å². The molecule has 2 aromatic rings. The summed E-state index contributed by atoms with van der Waals surface area (Å²) in [6, 6.07) is 9.80. The molecule has 0 saturated carbocycles. The summed E-state index contributed by atoms with van der Waals surface area (Å²) < 4.78 is 6.81. The topological polar surface area (TPSA) is 47.0 Å². The van der Waals surface area contributed by atoms with Gasteiger partial charge in [-0.2, -0.15) is 0 Å². The average molecular weight is 355 g/mol. The predicted molar refractivity (Wildman–Crippen MR) is 79.8 cm³/mol.